The van der Waals surface area contributed by atoms with E-state index < -0.39 is 6.10 Å². The minimum atomic E-state index is -0.515. The zero-order chi connectivity index (χ0) is 13.2. The second-order valence-electron chi connectivity index (χ2n) is 4.36. The second-order valence-corrected chi connectivity index (χ2v) is 4.36. The Bertz CT molecular complexity index is 287. The number of rotatable bonds is 10. The lowest BCUT2D eigenvalue weighted by atomic mass is 10.3. The topological polar surface area (TPSA) is 63.9 Å². The summed E-state index contributed by atoms with van der Waals surface area (Å²) in [5, 5.41) is 12.7. The summed E-state index contributed by atoms with van der Waals surface area (Å²) in [6.45, 7) is 6.43. The van der Waals surface area contributed by atoms with E-state index in [4.69, 9.17) is 13.9 Å². The average molecular weight is 257 g/mol. The highest BCUT2D eigenvalue weighted by Gasteiger charge is 2.04. The van der Waals surface area contributed by atoms with Gasteiger partial charge < -0.3 is 24.3 Å². The van der Waals surface area contributed by atoms with Crippen LogP contribution in [0.4, 0.5) is 0 Å². The van der Waals surface area contributed by atoms with E-state index in [9.17, 15) is 5.11 Å². The van der Waals surface area contributed by atoms with Gasteiger partial charge in [0, 0.05) is 6.54 Å². The van der Waals surface area contributed by atoms with Crippen LogP contribution < -0.4 is 5.32 Å². The number of aliphatic hydroxyl groups is 1. The third-order valence-electron chi connectivity index (χ3n) is 2.25. The maximum atomic E-state index is 9.63. The highest BCUT2D eigenvalue weighted by Crippen LogP contribution is 1.98. The molecule has 0 aliphatic rings. The SMILES string of the molecule is CC(C)OCCOCC(O)CNCc1ccco1. The monoisotopic (exact) mass is 257 g/mol. The summed E-state index contributed by atoms with van der Waals surface area (Å²) in [5.74, 6) is 0.855. The van der Waals surface area contributed by atoms with Gasteiger partial charge in [-0.1, -0.05) is 0 Å². The highest BCUT2D eigenvalue weighted by atomic mass is 16.5. The predicted octanol–water partition coefficient (Wildman–Crippen LogP) is 1.17. The van der Waals surface area contributed by atoms with Gasteiger partial charge in [-0.05, 0) is 26.0 Å². The maximum Gasteiger partial charge on any atom is 0.117 e. The van der Waals surface area contributed by atoms with Crippen molar-refractivity contribution in [1.82, 2.24) is 5.32 Å². The van der Waals surface area contributed by atoms with Gasteiger partial charge in [-0.25, -0.2) is 0 Å². The van der Waals surface area contributed by atoms with E-state index in [0.717, 1.165) is 5.76 Å². The standard InChI is InChI=1S/C13H23NO4/c1-11(2)17-7-6-16-10-12(15)8-14-9-13-4-3-5-18-13/h3-5,11-12,14-15H,6-10H2,1-2H3. The minimum absolute atomic E-state index is 0.216. The summed E-state index contributed by atoms with van der Waals surface area (Å²) in [7, 11) is 0. The van der Waals surface area contributed by atoms with E-state index in [0.29, 0.717) is 32.9 Å². The van der Waals surface area contributed by atoms with Crippen molar-refractivity contribution in [2.24, 2.45) is 0 Å². The molecule has 0 aliphatic heterocycles. The number of ether oxygens (including phenoxy) is 2. The molecule has 0 aromatic carbocycles. The molecule has 1 aromatic rings. The number of hydrogen-bond acceptors (Lipinski definition) is 5. The Balaban J connectivity index is 1.92. The van der Waals surface area contributed by atoms with Crippen LogP contribution in [0.5, 0.6) is 0 Å². The molecule has 1 rings (SSSR count). The lowest BCUT2D eigenvalue weighted by Gasteiger charge is -2.12. The maximum absolute atomic E-state index is 9.63. The van der Waals surface area contributed by atoms with Crippen molar-refractivity contribution in [1.29, 1.82) is 0 Å². The lowest BCUT2D eigenvalue weighted by Crippen LogP contribution is -2.30. The minimum Gasteiger partial charge on any atom is -0.468 e. The van der Waals surface area contributed by atoms with Crippen LogP contribution in [0.2, 0.25) is 0 Å². The summed E-state index contributed by atoms with van der Waals surface area (Å²) in [5.41, 5.74) is 0. The molecule has 0 amide bonds. The molecule has 1 aromatic heterocycles. The average Bonchev–Trinajstić information content (AvgIpc) is 2.81. The zero-order valence-corrected chi connectivity index (χ0v) is 11.1. The normalized spacial score (nSPS) is 13.1. The Hall–Kier alpha value is -0.880. The summed E-state index contributed by atoms with van der Waals surface area (Å²) >= 11 is 0. The van der Waals surface area contributed by atoms with E-state index in [2.05, 4.69) is 5.32 Å². The van der Waals surface area contributed by atoms with Gasteiger partial charge in [0.1, 0.15) is 5.76 Å². The van der Waals surface area contributed by atoms with Gasteiger partial charge >= 0.3 is 0 Å². The van der Waals surface area contributed by atoms with E-state index in [-0.39, 0.29) is 6.10 Å². The molecule has 1 unspecified atom stereocenters. The number of hydrogen-bond donors (Lipinski definition) is 2. The number of furan rings is 1. The van der Waals surface area contributed by atoms with Crippen molar-refractivity contribution in [2.45, 2.75) is 32.6 Å². The van der Waals surface area contributed by atoms with Gasteiger partial charge in [0.05, 0.1) is 44.8 Å². The van der Waals surface area contributed by atoms with Crippen molar-refractivity contribution >= 4 is 0 Å². The highest BCUT2D eigenvalue weighted by molar-refractivity contribution is 4.97. The van der Waals surface area contributed by atoms with E-state index in [1.165, 1.54) is 0 Å². The fraction of sp³-hybridized carbons (Fsp3) is 0.692. The molecule has 0 aliphatic carbocycles. The van der Waals surface area contributed by atoms with Crippen LogP contribution in [0.25, 0.3) is 0 Å². The van der Waals surface area contributed by atoms with Crippen LogP contribution in [0.3, 0.4) is 0 Å². The first-order valence-electron chi connectivity index (χ1n) is 6.29. The molecule has 0 spiro atoms. The number of nitrogens with one attached hydrogen (secondary N) is 1. The molecule has 5 nitrogen and oxygen atoms in total. The quantitative estimate of drug-likeness (QED) is 0.616. The van der Waals surface area contributed by atoms with Crippen LogP contribution in [-0.2, 0) is 16.0 Å². The molecule has 0 bridgehead atoms. The Morgan fingerprint density at radius 2 is 2.22 bits per heavy atom. The fourth-order valence-electron chi connectivity index (χ4n) is 1.40. The first-order valence-corrected chi connectivity index (χ1v) is 6.29. The molecular weight excluding hydrogens is 234 g/mol. The Morgan fingerprint density at radius 1 is 1.39 bits per heavy atom. The first-order chi connectivity index (χ1) is 8.68. The van der Waals surface area contributed by atoms with Crippen LogP contribution in [0.15, 0.2) is 22.8 Å². The van der Waals surface area contributed by atoms with E-state index in [1.807, 2.05) is 26.0 Å². The van der Waals surface area contributed by atoms with Gasteiger partial charge in [0.2, 0.25) is 0 Å². The third-order valence-corrected chi connectivity index (χ3v) is 2.25. The largest absolute Gasteiger partial charge is 0.468 e. The molecule has 1 heterocycles. The summed E-state index contributed by atoms with van der Waals surface area (Å²) in [6, 6.07) is 3.73. The smallest absolute Gasteiger partial charge is 0.117 e. The summed E-state index contributed by atoms with van der Waals surface area (Å²) in [6.07, 6.45) is 1.33. The van der Waals surface area contributed by atoms with Crippen molar-refractivity contribution < 1.29 is 19.0 Å². The van der Waals surface area contributed by atoms with E-state index >= 15 is 0 Å². The zero-order valence-electron chi connectivity index (χ0n) is 11.1. The van der Waals surface area contributed by atoms with E-state index in [1.54, 1.807) is 6.26 Å². The molecule has 2 N–H and O–H groups in total. The number of aliphatic hydroxyl groups excluding tert-OH is 1. The van der Waals surface area contributed by atoms with Crippen LogP contribution >= 0.6 is 0 Å². The van der Waals surface area contributed by atoms with Crippen LogP contribution in [-0.4, -0.2) is 43.7 Å². The molecule has 0 saturated heterocycles. The molecule has 104 valence electrons. The summed E-state index contributed by atoms with van der Waals surface area (Å²) < 4.78 is 15.8. The van der Waals surface area contributed by atoms with Gasteiger partial charge in [0.15, 0.2) is 0 Å². The van der Waals surface area contributed by atoms with Crippen molar-refractivity contribution in [3.63, 3.8) is 0 Å². The fourth-order valence-corrected chi connectivity index (χ4v) is 1.40. The molecule has 0 radical (unpaired) electrons. The van der Waals surface area contributed by atoms with Crippen molar-refractivity contribution in [3.05, 3.63) is 24.2 Å². The van der Waals surface area contributed by atoms with Gasteiger partial charge in [-0.2, -0.15) is 0 Å². The lowest BCUT2D eigenvalue weighted by molar-refractivity contribution is -0.0101. The van der Waals surface area contributed by atoms with Crippen LogP contribution in [0.1, 0.15) is 19.6 Å². The van der Waals surface area contributed by atoms with Gasteiger partial charge in [-0.15, -0.1) is 0 Å². The van der Waals surface area contributed by atoms with Gasteiger partial charge in [-0.3, -0.25) is 0 Å². The Morgan fingerprint density at radius 3 is 2.89 bits per heavy atom. The molecule has 18 heavy (non-hydrogen) atoms. The Kier molecular flexibility index (Phi) is 7.68. The van der Waals surface area contributed by atoms with Crippen molar-refractivity contribution in [2.75, 3.05) is 26.4 Å². The third kappa shape index (κ3) is 7.45. The second kappa shape index (κ2) is 9.10. The predicted molar refractivity (Wildman–Crippen MR) is 68.3 cm³/mol. The van der Waals surface area contributed by atoms with Crippen molar-refractivity contribution in [3.8, 4) is 0 Å². The molecular formula is C13H23NO4. The Labute approximate surface area is 108 Å². The molecule has 0 fully saturated rings. The first kappa shape index (κ1) is 15.2. The summed E-state index contributed by atoms with van der Waals surface area (Å²) in [4.78, 5) is 0. The van der Waals surface area contributed by atoms with Crippen LogP contribution in [0, 0.1) is 0 Å². The molecule has 0 saturated carbocycles. The molecule has 1 atom stereocenters. The molecule has 5 heteroatoms. The van der Waals surface area contributed by atoms with Gasteiger partial charge in [0.25, 0.3) is 0 Å².